The van der Waals surface area contributed by atoms with E-state index in [1.165, 1.54) is 0 Å². The van der Waals surface area contributed by atoms with Gasteiger partial charge in [-0.3, -0.25) is 0 Å². The highest BCUT2D eigenvalue weighted by atomic mass is 19.1. The van der Waals surface area contributed by atoms with Crippen molar-refractivity contribution < 1.29 is 13.5 Å². The molecule has 0 saturated carbocycles. The summed E-state index contributed by atoms with van der Waals surface area (Å²) in [5.74, 6) is 5.16. The van der Waals surface area contributed by atoms with Gasteiger partial charge in [0.2, 0.25) is 0 Å². The normalized spacial score (nSPS) is 9.75. The van der Waals surface area contributed by atoms with Crippen molar-refractivity contribution in [1.29, 1.82) is 0 Å². The Morgan fingerprint density at radius 2 is 1.95 bits per heavy atom. The van der Waals surface area contributed by atoms with Gasteiger partial charge in [-0.1, -0.05) is 17.9 Å². The first-order chi connectivity index (χ1) is 9.69. The fraction of sp³-hybridized carbons (Fsp3) is 0.125. The smallest absolute Gasteiger partial charge is 0.130 e. The first kappa shape index (κ1) is 14.0. The van der Waals surface area contributed by atoms with Crippen LogP contribution in [0.5, 0.6) is 5.75 Å². The molecule has 2 aromatic rings. The molecule has 0 radical (unpaired) electrons. The number of rotatable bonds is 3. The Hall–Kier alpha value is -2.38. The van der Waals surface area contributed by atoms with E-state index in [1.807, 2.05) is 6.07 Å². The Kier molecular flexibility index (Phi) is 4.70. The summed E-state index contributed by atoms with van der Waals surface area (Å²) in [5.41, 5.74) is 6.22. The maximum absolute atomic E-state index is 13.4. The molecule has 102 valence electrons. The van der Waals surface area contributed by atoms with Gasteiger partial charge in [0.1, 0.15) is 24.0 Å². The summed E-state index contributed by atoms with van der Waals surface area (Å²) in [6, 6.07) is 10.3. The third kappa shape index (κ3) is 3.81. The third-order valence-corrected chi connectivity index (χ3v) is 2.57. The van der Waals surface area contributed by atoms with Crippen LogP contribution >= 0.6 is 0 Å². The summed E-state index contributed by atoms with van der Waals surface area (Å²) in [7, 11) is 0. The van der Waals surface area contributed by atoms with E-state index in [4.69, 9.17) is 10.5 Å². The average molecular weight is 273 g/mol. The van der Waals surface area contributed by atoms with E-state index in [1.54, 1.807) is 18.2 Å². The van der Waals surface area contributed by atoms with Gasteiger partial charge in [0.25, 0.3) is 0 Å². The van der Waals surface area contributed by atoms with Crippen molar-refractivity contribution in [1.82, 2.24) is 0 Å². The van der Waals surface area contributed by atoms with Crippen LogP contribution in [-0.2, 0) is 6.61 Å². The van der Waals surface area contributed by atoms with Crippen molar-refractivity contribution >= 4 is 0 Å². The van der Waals surface area contributed by atoms with E-state index < -0.39 is 11.6 Å². The van der Waals surface area contributed by atoms with Gasteiger partial charge in [-0.2, -0.15) is 0 Å². The second kappa shape index (κ2) is 6.69. The minimum absolute atomic E-state index is 0.0443. The van der Waals surface area contributed by atoms with Crippen LogP contribution in [0.2, 0.25) is 0 Å². The van der Waals surface area contributed by atoms with Crippen molar-refractivity contribution in [3.8, 4) is 17.6 Å². The summed E-state index contributed by atoms with van der Waals surface area (Å²) >= 11 is 0. The second-order valence-corrected chi connectivity index (χ2v) is 4.06. The molecule has 0 aliphatic carbocycles. The predicted molar refractivity (Wildman–Crippen MR) is 73.1 cm³/mol. The Morgan fingerprint density at radius 1 is 1.10 bits per heavy atom. The molecule has 0 spiro atoms. The van der Waals surface area contributed by atoms with Crippen LogP contribution in [0.4, 0.5) is 8.78 Å². The van der Waals surface area contributed by atoms with E-state index in [0.717, 1.165) is 23.8 Å². The van der Waals surface area contributed by atoms with E-state index in [2.05, 4.69) is 11.8 Å². The minimum atomic E-state index is -0.495. The number of nitrogens with two attached hydrogens (primary N) is 1. The van der Waals surface area contributed by atoms with Gasteiger partial charge in [-0.15, -0.1) is 0 Å². The quantitative estimate of drug-likeness (QED) is 0.873. The SMILES string of the molecule is NCC#Cc1cccc(OCc2cc(F)ccc2F)c1. The van der Waals surface area contributed by atoms with E-state index in [9.17, 15) is 8.78 Å². The molecule has 0 bridgehead atoms. The summed E-state index contributed by atoms with van der Waals surface area (Å²) in [6.07, 6.45) is 0. The monoisotopic (exact) mass is 273 g/mol. The lowest BCUT2D eigenvalue weighted by Crippen LogP contribution is -1.99. The Bertz CT molecular complexity index is 659. The molecule has 0 unspecified atom stereocenters. The molecule has 0 heterocycles. The number of ether oxygens (including phenoxy) is 1. The minimum Gasteiger partial charge on any atom is -0.489 e. The van der Waals surface area contributed by atoms with Gasteiger partial charge in [0.05, 0.1) is 6.54 Å². The number of halogens is 2. The molecular weight excluding hydrogens is 260 g/mol. The van der Waals surface area contributed by atoms with Crippen LogP contribution in [0.3, 0.4) is 0 Å². The Morgan fingerprint density at radius 3 is 2.75 bits per heavy atom. The molecule has 0 fully saturated rings. The third-order valence-electron chi connectivity index (χ3n) is 2.57. The molecular formula is C16H13F2NO. The van der Waals surface area contributed by atoms with Gasteiger partial charge in [-0.25, -0.2) is 8.78 Å². The van der Waals surface area contributed by atoms with Crippen LogP contribution in [0.15, 0.2) is 42.5 Å². The summed E-state index contributed by atoms with van der Waals surface area (Å²) in [4.78, 5) is 0. The zero-order valence-corrected chi connectivity index (χ0v) is 10.7. The fourth-order valence-corrected chi connectivity index (χ4v) is 1.63. The van der Waals surface area contributed by atoms with Crippen molar-refractivity contribution in [2.75, 3.05) is 6.54 Å². The molecule has 0 aliphatic heterocycles. The highest BCUT2D eigenvalue weighted by Crippen LogP contribution is 2.16. The van der Waals surface area contributed by atoms with Gasteiger partial charge in [0.15, 0.2) is 0 Å². The molecule has 0 atom stereocenters. The number of hydrogen-bond acceptors (Lipinski definition) is 2. The highest BCUT2D eigenvalue weighted by Gasteiger charge is 2.05. The van der Waals surface area contributed by atoms with Crippen LogP contribution in [0.25, 0.3) is 0 Å². The molecule has 4 heteroatoms. The van der Waals surface area contributed by atoms with Gasteiger partial charge in [-0.05, 0) is 36.4 Å². The van der Waals surface area contributed by atoms with E-state index >= 15 is 0 Å². The largest absolute Gasteiger partial charge is 0.489 e. The van der Waals surface area contributed by atoms with Crippen molar-refractivity contribution in [3.63, 3.8) is 0 Å². The first-order valence-electron chi connectivity index (χ1n) is 6.05. The lowest BCUT2D eigenvalue weighted by molar-refractivity contribution is 0.299. The van der Waals surface area contributed by atoms with Gasteiger partial charge >= 0.3 is 0 Å². The topological polar surface area (TPSA) is 35.2 Å². The maximum Gasteiger partial charge on any atom is 0.130 e. The lowest BCUT2D eigenvalue weighted by atomic mass is 10.2. The number of benzene rings is 2. The van der Waals surface area contributed by atoms with Crippen molar-refractivity contribution in [2.24, 2.45) is 5.73 Å². The molecule has 2 aromatic carbocycles. The van der Waals surface area contributed by atoms with E-state index in [0.29, 0.717) is 5.75 Å². The molecule has 20 heavy (non-hydrogen) atoms. The summed E-state index contributed by atoms with van der Waals surface area (Å²) in [5, 5.41) is 0. The molecule has 0 aliphatic rings. The first-order valence-corrected chi connectivity index (χ1v) is 6.05. The summed E-state index contributed by atoms with van der Waals surface area (Å²) < 4.78 is 31.9. The van der Waals surface area contributed by atoms with Crippen LogP contribution in [0.1, 0.15) is 11.1 Å². The molecule has 2 rings (SSSR count). The van der Waals surface area contributed by atoms with Crippen molar-refractivity contribution in [3.05, 3.63) is 65.2 Å². The average Bonchev–Trinajstić information content (AvgIpc) is 2.46. The van der Waals surface area contributed by atoms with Gasteiger partial charge < -0.3 is 10.5 Å². The predicted octanol–water partition coefficient (Wildman–Crippen LogP) is 2.85. The standard InChI is InChI=1S/C16H13F2NO/c17-14-6-7-16(18)13(10-14)11-20-15-5-1-3-12(9-15)4-2-8-19/h1,3,5-7,9-10H,8,11,19H2. The molecule has 2 nitrogen and oxygen atoms in total. The van der Waals surface area contributed by atoms with Gasteiger partial charge in [0, 0.05) is 11.1 Å². The Labute approximate surface area is 116 Å². The van der Waals surface area contributed by atoms with Crippen LogP contribution in [-0.4, -0.2) is 6.54 Å². The second-order valence-electron chi connectivity index (χ2n) is 4.06. The number of hydrogen-bond donors (Lipinski definition) is 1. The molecule has 0 aromatic heterocycles. The maximum atomic E-state index is 13.4. The zero-order chi connectivity index (χ0) is 14.4. The Balaban J connectivity index is 2.09. The highest BCUT2D eigenvalue weighted by molar-refractivity contribution is 5.40. The molecule has 0 amide bonds. The van der Waals surface area contributed by atoms with Crippen molar-refractivity contribution in [2.45, 2.75) is 6.61 Å². The van der Waals surface area contributed by atoms with Crippen LogP contribution in [0, 0.1) is 23.5 Å². The van der Waals surface area contributed by atoms with Crippen LogP contribution < -0.4 is 10.5 Å². The summed E-state index contributed by atoms with van der Waals surface area (Å²) in [6.45, 7) is 0.233. The lowest BCUT2D eigenvalue weighted by Gasteiger charge is -2.07. The van der Waals surface area contributed by atoms with E-state index in [-0.39, 0.29) is 18.7 Å². The zero-order valence-electron chi connectivity index (χ0n) is 10.7. The molecule has 2 N–H and O–H groups in total. The molecule has 0 saturated heterocycles. The fourth-order valence-electron chi connectivity index (χ4n) is 1.63.